The second-order valence-electron chi connectivity index (χ2n) is 4.15. The number of piperidine rings is 1. The average Bonchev–Trinajstić information content (AvgIpc) is 2.85. The van der Waals surface area contributed by atoms with Crippen LogP contribution in [0.25, 0.3) is 0 Å². The van der Waals surface area contributed by atoms with E-state index in [1.807, 2.05) is 0 Å². The fourth-order valence-corrected chi connectivity index (χ4v) is 2.61. The molecule has 0 atom stereocenters. The molecule has 1 fully saturated rings. The number of likely N-dealkylation sites (tertiary alicyclic amines) is 1. The third-order valence-corrected chi connectivity index (χ3v) is 3.77. The zero-order valence-corrected chi connectivity index (χ0v) is 10.7. The molecule has 18 heavy (non-hydrogen) atoms. The minimum Gasteiger partial charge on any atom is -0.482 e. The van der Waals surface area contributed by atoms with E-state index in [2.05, 4.69) is 0 Å². The van der Waals surface area contributed by atoms with E-state index in [1.54, 1.807) is 16.3 Å². The number of carboxylic acid groups (broad SMARTS) is 1. The molecule has 0 unspecified atom stereocenters. The highest BCUT2D eigenvalue weighted by Crippen LogP contribution is 2.24. The molecule has 0 radical (unpaired) electrons. The summed E-state index contributed by atoms with van der Waals surface area (Å²) in [5.41, 5.74) is 0. The summed E-state index contributed by atoms with van der Waals surface area (Å²) in [5, 5.41) is 10.5. The van der Waals surface area contributed by atoms with Crippen LogP contribution in [0.3, 0.4) is 0 Å². The lowest BCUT2D eigenvalue weighted by molar-refractivity contribution is -0.134. The largest absolute Gasteiger partial charge is 0.482 e. The van der Waals surface area contributed by atoms with Crippen LogP contribution in [0.15, 0.2) is 11.4 Å². The molecule has 98 valence electrons. The normalized spacial score (nSPS) is 15.4. The maximum atomic E-state index is 11.8. The van der Waals surface area contributed by atoms with E-state index in [4.69, 9.17) is 9.84 Å². The van der Waals surface area contributed by atoms with Gasteiger partial charge < -0.3 is 14.7 Å². The molecule has 1 N–H and O–H groups in total. The van der Waals surface area contributed by atoms with E-state index in [-0.39, 0.29) is 23.1 Å². The number of amides is 1. The lowest BCUT2D eigenvalue weighted by Gasteiger charge is -2.26. The van der Waals surface area contributed by atoms with Gasteiger partial charge in [0.05, 0.1) is 0 Å². The van der Waals surface area contributed by atoms with Crippen molar-refractivity contribution in [1.29, 1.82) is 0 Å². The third kappa shape index (κ3) is 3.01. The number of carbonyl (C=O) groups is 2. The molecular weight excluding hydrogens is 254 g/mol. The Labute approximate surface area is 109 Å². The first-order valence-corrected chi connectivity index (χ1v) is 6.78. The minimum atomic E-state index is -1.02. The van der Waals surface area contributed by atoms with Crippen molar-refractivity contribution < 1.29 is 19.4 Å². The van der Waals surface area contributed by atoms with Crippen molar-refractivity contribution >= 4 is 23.2 Å². The van der Waals surface area contributed by atoms with Crippen molar-refractivity contribution in [2.24, 2.45) is 0 Å². The summed E-state index contributed by atoms with van der Waals surface area (Å²) < 4.78 is 5.29. The molecule has 1 aromatic heterocycles. The smallest absolute Gasteiger partial charge is 0.349 e. The Morgan fingerprint density at radius 1 is 1.33 bits per heavy atom. The number of ether oxygens (including phenoxy) is 1. The van der Waals surface area contributed by atoms with Crippen LogP contribution in [0.4, 0.5) is 0 Å². The minimum absolute atomic E-state index is 0.0720. The van der Waals surface area contributed by atoms with E-state index in [9.17, 15) is 9.59 Å². The summed E-state index contributed by atoms with van der Waals surface area (Å²) in [5.74, 6) is -0.819. The predicted molar refractivity (Wildman–Crippen MR) is 67.2 cm³/mol. The predicted octanol–water partition coefficient (Wildman–Crippen LogP) is 1.84. The van der Waals surface area contributed by atoms with Crippen LogP contribution < -0.4 is 4.74 Å². The van der Waals surface area contributed by atoms with Gasteiger partial charge in [0.25, 0.3) is 5.91 Å². The van der Waals surface area contributed by atoms with Crippen LogP contribution in [0, 0.1) is 0 Å². The van der Waals surface area contributed by atoms with E-state index in [1.165, 1.54) is 6.42 Å². The molecule has 1 saturated heterocycles. The molecule has 0 saturated carbocycles. The van der Waals surface area contributed by atoms with Crippen molar-refractivity contribution in [3.05, 3.63) is 16.3 Å². The van der Waals surface area contributed by atoms with Crippen LogP contribution in [0.5, 0.6) is 5.75 Å². The lowest BCUT2D eigenvalue weighted by Crippen LogP contribution is -2.38. The van der Waals surface area contributed by atoms with Gasteiger partial charge in [-0.15, -0.1) is 11.3 Å². The average molecular weight is 269 g/mol. The summed E-state index contributed by atoms with van der Waals surface area (Å²) in [6, 6.07) is 1.58. The summed E-state index contributed by atoms with van der Waals surface area (Å²) in [6.07, 6.45) is 3.23. The molecule has 1 aromatic rings. The zero-order chi connectivity index (χ0) is 13.0. The van der Waals surface area contributed by atoms with Crippen molar-refractivity contribution in [3.8, 4) is 5.75 Å². The topological polar surface area (TPSA) is 66.8 Å². The monoisotopic (exact) mass is 269 g/mol. The van der Waals surface area contributed by atoms with Crippen molar-refractivity contribution in [2.75, 3.05) is 19.7 Å². The lowest BCUT2D eigenvalue weighted by atomic mass is 10.1. The molecule has 0 aliphatic carbocycles. The number of rotatable bonds is 4. The van der Waals surface area contributed by atoms with E-state index in [0.29, 0.717) is 0 Å². The quantitative estimate of drug-likeness (QED) is 0.905. The van der Waals surface area contributed by atoms with Crippen LogP contribution in [0.1, 0.15) is 28.9 Å². The van der Waals surface area contributed by atoms with Gasteiger partial charge in [-0.3, -0.25) is 4.79 Å². The molecule has 1 aliphatic heterocycles. The van der Waals surface area contributed by atoms with Gasteiger partial charge >= 0.3 is 5.97 Å². The highest BCUT2D eigenvalue weighted by molar-refractivity contribution is 7.12. The zero-order valence-electron chi connectivity index (χ0n) is 9.92. The molecule has 6 heteroatoms. The number of carbonyl (C=O) groups excluding carboxylic acids is 1. The van der Waals surface area contributed by atoms with Crippen molar-refractivity contribution in [2.45, 2.75) is 19.3 Å². The standard InChI is InChI=1S/C12H15NO4S/c14-10(13-5-2-1-3-6-13)8-17-9-4-7-18-11(9)12(15)16/h4,7H,1-3,5-6,8H2,(H,15,16). The van der Waals surface area contributed by atoms with Crippen LogP contribution in [-0.4, -0.2) is 41.6 Å². The van der Waals surface area contributed by atoms with E-state index >= 15 is 0 Å². The number of hydrogen-bond acceptors (Lipinski definition) is 4. The molecular formula is C12H15NO4S. The molecule has 0 bridgehead atoms. The third-order valence-electron chi connectivity index (χ3n) is 2.88. The Balaban J connectivity index is 1.88. The first kappa shape index (κ1) is 12.9. The molecule has 5 nitrogen and oxygen atoms in total. The number of thiophene rings is 1. The Morgan fingerprint density at radius 3 is 2.72 bits per heavy atom. The number of aromatic carboxylic acids is 1. The molecule has 1 aliphatic rings. The summed E-state index contributed by atoms with van der Waals surface area (Å²) in [6.45, 7) is 1.46. The van der Waals surface area contributed by atoms with Gasteiger partial charge in [-0.2, -0.15) is 0 Å². The second kappa shape index (κ2) is 5.86. The van der Waals surface area contributed by atoms with Gasteiger partial charge in [0.1, 0.15) is 5.75 Å². The second-order valence-corrected chi connectivity index (χ2v) is 5.07. The Bertz CT molecular complexity index is 437. The molecule has 0 spiro atoms. The Hall–Kier alpha value is -1.56. The fraction of sp³-hybridized carbons (Fsp3) is 0.500. The number of nitrogens with zero attached hydrogens (tertiary/aromatic N) is 1. The van der Waals surface area contributed by atoms with Gasteiger partial charge in [-0.05, 0) is 30.7 Å². The van der Waals surface area contributed by atoms with E-state index in [0.717, 1.165) is 37.3 Å². The number of carboxylic acids is 1. The summed E-state index contributed by atoms with van der Waals surface area (Å²) >= 11 is 1.10. The van der Waals surface area contributed by atoms with Gasteiger partial charge in [0.2, 0.25) is 0 Å². The Morgan fingerprint density at radius 2 is 2.06 bits per heavy atom. The SMILES string of the molecule is O=C(O)c1sccc1OCC(=O)N1CCCCC1. The fourth-order valence-electron chi connectivity index (χ4n) is 1.94. The van der Waals surface area contributed by atoms with Gasteiger partial charge in [-0.1, -0.05) is 0 Å². The molecule has 0 aromatic carbocycles. The van der Waals surface area contributed by atoms with Crippen molar-refractivity contribution in [3.63, 3.8) is 0 Å². The van der Waals surface area contributed by atoms with Gasteiger partial charge in [-0.25, -0.2) is 4.79 Å². The maximum absolute atomic E-state index is 11.8. The van der Waals surface area contributed by atoms with E-state index < -0.39 is 5.97 Å². The highest BCUT2D eigenvalue weighted by Gasteiger charge is 2.19. The molecule has 1 amide bonds. The number of hydrogen-bond donors (Lipinski definition) is 1. The highest BCUT2D eigenvalue weighted by atomic mass is 32.1. The molecule has 2 heterocycles. The first-order valence-electron chi connectivity index (χ1n) is 5.90. The van der Waals surface area contributed by atoms with Crippen LogP contribution in [0.2, 0.25) is 0 Å². The van der Waals surface area contributed by atoms with Crippen LogP contribution in [-0.2, 0) is 4.79 Å². The molecule has 2 rings (SSSR count). The first-order chi connectivity index (χ1) is 8.68. The van der Waals surface area contributed by atoms with Crippen LogP contribution >= 0.6 is 11.3 Å². The van der Waals surface area contributed by atoms with Gasteiger partial charge in [0.15, 0.2) is 11.5 Å². The summed E-state index contributed by atoms with van der Waals surface area (Å²) in [4.78, 5) is 24.6. The van der Waals surface area contributed by atoms with Gasteiger partial charge in [0, 0.05) is 13.1 Å². The summed E-state index contributed by atoms with van der Waals surface area (Å²) in [7, 11) is 0. The Kier molecular flexibility index (Phi) is 4.19. The van der Waals surface area contributed by atoms with Crippen molar-refractivity contribution in [1.82, 2.24) is 4.90 Å². The maximum Gasteiger partial charge on any atom is 0.349 e.